The number of rotatable bonds is 3. The van der Waals surface area contributed by atoms with E-state index in [2.05, 4.69) is 4.74 Å². The quantitative estimate of drug-likeness (QED) is 0.521. The lowest BCUT2D eigenvalue weighted by atomic mass is 10.3. The lowest BCUT2D eigenvalue weighted by molar-refractivity contribution is -0.140. The van der Waals surface area contributed by atoms with Gasteiger partial charge in [-0.2, -0.15) is 0 Å². The summed E-state index contributed by atoms with van der Waals surface area (Å²) in [5.74, 6) is -0.953. The molecule has 1 aliphatic rings. The molecule has 1 atom stereocenters. The summed E-state index contributed by atoms with van der Waals surface area (Å²) in [5, 5.41) is 0. The Kier molecular flexibility index (Phi) is 3.03. The number of nitrogens with two attached hydrogens (primary N) is 2. The molecule has 7 nitrogen and oxygen atoms in total. The Hall–Kier alpha value is -1.63. The zero-order chi connectivity index (χ0) is 10.7. The Morgan fingerprint density at radius 2 is 2.21 bits per heavy atom. The van der Waals surface area contributed by atoms with Crippen LogP contribution < -0.4 is 11.5 Å². The van der Waals surface area contributed by atoms with Crippen LogP contribution in [0.4, 0.5) is 4.79 Å². The largest absolute Gasteiger partial charge is 0.436 e. The van der Waals surface area contributed by atoms with Crippen LogP contribution in [-0.2, 0) is 14.3 Å². The Morgan fingerprint density at radius 3 is 2.71 bits per heavy atom. The first-order chi connectivity index (χ1) is 6.56. The summed E-state index contributed by atoms with van der Waals surface area (Å²) >= 11 is 0. The van der Waals surface area contributed by atoms with Gasteiger partial charge in [-0.15, -0.1) is 0 Å². The first-order valence-electron chi connectivity index (χ1n) is 4.06. The summed E-state index contributed by atoms with van der Waals surface area (Å²) in [5.41, 5.74) is 9.93. The van der Waals surface area contributed by atoms with Gasteiger partial charge in [0.25, 0.3) is 5.91 Å². The van der Waals surface area contributed by atoms with E-state index < -0.39 is 24.0 Å². The van der Waals surface area contributed by atoms with Crippen LogP contribution in [0.5, 0.6) is 0 Å². The highest BCUT2D eigenvalue weighted by Crippen LogP contribution is 2.15. The summed E-state index contributed by atoms with van der Waals surface area (Å²) in [7, 11) is 0. The minimum absolute atomic E-state index is 0.135. The molecule has 0 bridgehead atoms. The van der Waals surface area contributed by atoms with Crippen LogP contribution in [0.2, 0.25) is 0 Å². The summed E-state index contributed by atoms with van der Waals surface area (Å²) in [4.78, 5) is 33.9. The van der Waals surface area contributed by atoms with Crippen molar-refractivity contribution in [1.29, 1.82) is 0 Å². The van der Waals surface area contributed by atoms with Gasteiger partial charge in [-0.1, -0.05) is 0 Å². The molecule has 0 aromatic heterocycles. The van der Waals surface area contributed by atoms with Crippen molar-refractivity contribution in [2.45, 2.75) is 12.5 Å². The molecule has 7 heteroatoms. The lowest BCUT2D eigenvalue weighted by Crippen LogP contribution is -2.37. The topological polar surface area (TPSA) is 116 Å². The molecule has 0 radical (unpaired) electrons. The fourth-order valence-electron chi connectivity index (χ4n) is 1.25. The highest BCUT2D eigenvalue weighted by Gasteiger charge is 2.40. The minimum Gasteiger partial charge on any atom is -0.436 e. The van der Waals surface area contributed by atoms with Crippen molar-refractivity contribution in [2.75, 3.05) is 13.1 Å². The van der Waals surface area contributed by atoms with E-state index in [1.807, 2.05) is 0 Å². The highest BCUT2D eigenvalue weighted by molar-refractivity contribution is 6.05. The number of carbonyl (C=O) groups is 3. The van der Waals surface area contributed by atoms with Gasteiger partial charge in [-0.05, 0) is 0 Å². The molecular weight excluding hydrogens is 190 g/mol. The maximum atomic E-state index is 11.4. The molecule has 1 fully saturated rings. The van der Waals surface area contributed by atoms with Crippen LogP contribution >= 0.6 is 0 Å². The molecular formula is C7H11N3O4. The normalized spacial score (nSPS) is 21.5. The van der Waals surface area contributed by atoms with E-state index in [0.717, 1.165) is 4.90 Å². The second-order valence-corrected chi connectivity index (χ2v) is 2.80. The van der Waals surface area contributed by atoms with E-state index in [4.69, 9.17) is 11.5 Å². The fourth-order valence-corrected chi connectivity index (χ4v) is 1.25. The minimum atomic E-state index is -1.08. The second-order valence-electron chi connectivity index (χ2n) is 2.80. The maximum Gasteiger partial charge on any atom is 0.405 e. The Balaban J connectivity index is 2.64. The SMILES string of the molecule is NCCN1C(=O)CC(OC(N)=O)C1=O. The predicted molar refractivity (Wildman–Crippen MR) is 44.8 cm³/mol. The molecule has 0 aliphatic carbocycles. The fraction of sp³-hybridized carbons (Fsp3) is 0.571. The van der Waals surface area contributed by atoms with Crippen LogP contribution in [0.3, 0.4) is 0 Å². The van der Waals surface area contributed by atoms with Gasteiger partial charge in [0.1, 0.15) is 0 Å². The van der Waals surface area contributed by atoms with Crippen molar-refractivity contribution in [3.63, 3.8) is 0 Å². The molecule has 1 heterocycles. The van der Waals surface area contributed by atoms with Crippen LogP contribution in [-0.4, -0.2) is 42.0 Å². The number of nitrogens with zero attached hydrogens (tertiary/aromatic N) is 1. The number of hydrogen-bond acceptors (Lipinski definition) is 5. The van der Waals surface area contributed by atoms with E-state index >= 15 is 0 Å². The van der Waals surface area contributed by atoms with Crippen LogP contribution in [0.1, 0.15) is 6.42 Å². The van der Waals surface area contributed by atoms with Gasteiger partial charge in [0, 0.05) is 13.1 Å². The van der Waals surface area contributed by atoms with Gasteiger partial charge in [0.05, 0.1) is 6.42 Å². The number of hydrogen-bond donors (Lipinski definition) is 2. The molecule has 1 rings (SSSR count). The molecule has 1 saturated heterocycles. The van der Waals surface area contributed by atoms with Gasteiger partial charge in [-0.3, -0.25) is 14.5 Å². The second kappa shape index (κ2) is 4.05. The molecule has 0 aromatic rings. The molecule has 1 aliphatic heterocycles. The third-order valence-corrected chi connectivity index (χ3v) is 1.81. The summed E-state index contributed by atoms with van der Waals surface area (Å²) in [6.45, 7) is 0.317. The monoisotopic (exact) mass is 201 g/mol. The van der Waals surface area contributed by atoms with Gasteiger partial charge in [0.2, 0.25) is 5.91 Å². The first-order valence-corrected chi connectivity index (χ1v) is 4.06. The number of amides is 3. The molecule has 4 N–H and O–H groups in total. The standard InChI is InChI=1S/C7H11N3O4/c8-1-2-10-5(11)3-4(6(10)12)14-7(9)13/h4H,1-3,8H2,(H2,9,13). The molecule has 14 heavy (non-hydrogen) atoms. The van der Waals surface area contributed by atoms with Crippen LogP contribution in [0, 0.1) is 0 Å². The molecule has 1 unspecified atom stereocenters. The smallest absolute Gasteiger partial charge is 0.405 e. The third-order valence-electron chi connectivity index (χ3n) is 1.81. The number of imide groups is 1. The summed E-state index contributed by atoms with van der Waals surface area (Å²) in [6.07, 6.45) is -2.29. The van der Waals surface area contributed by atoms with Crippen LogP contribution in [0.25, 0.3) is 0 Å². The highest BCUT2D eigenvalue weighted by atomic mass is 16.6. The molecule has 0 spiro atoms. The van der Waals surface area contributed by atoms with Gasteiger partial charge in [-0.25, -0.2) is 4.79 Å². The predicted octanol–water partition coefficient (Wildman–Crippen LogP) is -1.83. The third kappa shape index (κ3) is 1.99. The van der Waals surface area contributed by atoms with E-state index in [0.29, 0.717) is 0 Å². The first kappa shape index (κ1) is 10.5. The zero-order valence-corrected chi connectivity index (χ0v) is 7.43. The Labute approximate surface area is 80.0 Å². The molecule has 78 valence electrons. The van der Waals surface area contributed by atoms with Crippen molar-refractivity contribution in [1.82, 2.24) is 4.90 Å². The summed E-state index contributed by atoms with van der Waals surface area (Å²) < 4.78 is 4.46. The zero-order valence-electron chi connectivity index (χ0n) is 7.43. The number of primary amides is 1. The average molecular weight is 201 g/mol. The van der Waals surface area contributed by atoms with E-state index in [1.165, 1.54) is 0 Å². The number of likely N-dealkylation sites (tertiary alicyclic amines) is 1. The van der Waals surface area contributed by atoms with E-state index in [1.54, 1.807) is 0 Å². The van der Waals surface area contributed by atoms with E-state index in [-0.39, 0.29) is 19.5 Å². The van der Waals surface area contributed by atoms with Gasteiger partial charge in [0.15, 0.2) is 6.10 Å². The Bertz CT molecular complexity index is 278. The maximum absolute atomic E-state index is 11.4. The number of ether oxygens (including phenoxy) is 1. The summed E-state index contributed by atoms with van der Waals surface area (Å²) in [6, 6.07) is 0. The van der Waals surface area contributed by atoms with Crippen molar-refractivity contribution in [2.24, 2.45) is 11.5 Å². The van der Waals surface area contributed by atoms with Gasteiger partial charge < -0.3 is 16.2 Å². The molecule has 3 amide bonds. The van der Waals surface area contributed by atoms with Crippen molar-refractivity contribution in [3.8, 4) is 0 Å². The van der Waals surface area contributed by atoms with E-state index in [9.17, 15) is 14.4 Å². The van der Waals surface area contributed by atoms with Crippen molar-refractivity contribution >= 4 is 17.9 Å². The molecule has 0 saturated carbocycles. The van der Waals surface area contributed by atoms with Crippen molar-refractivity contribution < 1.29 is 19.1 Å². The molecule has 0 aromatic carbocycles. The average Bonchev–Trinajstić information content (AvgIpc) is 2.32. The lowest BCUT2D eigenvalue weighted by Gasteiger charge is -2.12. The number of carbonyl (C=O) groups excluding carboxylic acids is 3. The van der Waals surface area contributed by atoms with Crippen LogP contribution in [0.15, 0.2) is 0 Å². The van der Waals surface area contributed by atoms with Crippen molar-refractivity contribution in [3.05, 3.63) is 0 Å². The Morgan fingerprint density at radius 1 is 1.57 bits per heavy atom. The van der Waals surface area contributed by atoms with Gasteiger partial charge >= 0.3 is 6.09 Å².